The molecule has 0 aliphatic heterocycles. The first-order valence-corrected chi connectivity index (χ1v) is 14.6. The fourth-order valence-corrected chi connectivity index (χ4v) is 6.34. The van der Waals surface area contributed by atoms with E-state index < -0.39 is 40.7 Å². The van der Waals surface area contributed by atoms with Crippen molar-refractivity contribution < 1.29 is 20.4 Å². The van der Waals surface area contributed by atoms with Gasteiger partial charge in [0, 0.05) is 0 Å². The van der Waals surface area contributed by atoms with Gasteiger partial charge in [0.05, 0.1) is 18.6 Å². The second-order valence-electron chi connectivity index (χ2n) is 13.5. The summed E-state index contributed by atoms with van der Waals surface area (Å²) < 4.78 is 0. The maximum absolute atomic E-state index is 13.7. The number of benzene rings is 3. The van der Waals surface area contributed by atoms with Crippen LogP contribution in [0.4, 0.5) is 0 Å². The van der Waals surface area contributed by atoms with Gasteiger partial charge in [-0.2, -0.15) is 0 Å². The van der Waals surface area contributed by atoms with Gasteiger partial charge in [-0.25, -0.2) is 0 Å². The fourth-order valence-electron chi connectivity index (χ4n) is 6.34. The molecule has 0 radical (unpaired) electrons. The molecule has 3 rings (SSSR count). The molecule has 0 fully saturated rings. The summed E-state index contributed by atoms with van der Waals surface area (Å²) in [6.45, 7) is 15.5. The normalized spacial score (nSPS) is 15.9. The third-order valence-electron chi connectivity index (χ3n) is 8.62. The predicted molar refractivity (Wildman–Crippen MR) is 164 cm³/mol. The zero-order chi connectivity index (χ0) is 30.0. The van der Waals surface area contributed by atoms with Crippen molar-refractivity contribution in [2.75, 3.05) is 13.2 Å². The number of rotatable bonds is 10. The Balaban J connectivity index is 2.67. The van der Waals surface area contributed by atoms with Crippen molar-refractivity contribution in [2.45, 2.75) is 96.7 Å². The second kappa shape index (κ2) is 11.8. The summed E-state index contributed by atoms with van der Waals surface area (Å²) in [5, 5.41) is 49.6. The predicted octanol–water partition coefficient (Wildman–Crippen LogP) is 6.87. The van der Waals surface area contributed by atoms with E-state index in [1.54, 1.807) is 0 Å². The smallest absolute Gasteiger partial charge is 0.128 e. The van der Waals surface area contributed by atoms with Gasteiger partial charge >= 0.3 is 0 Å². The molecule has 4 nitrogen and oxygen atoms in total. The molecule has 3 aromatic rings. The molecule has 0 saturated carbocycles. The monoisotopic (exact) mass is 546 g/mol. The Hall–Kier alpha value is -2.50. The maximum Gasteiger partial charge on any atom is 0.128 e. The van der Waals surface area contributed by atoms with Crippen LogP contribution < -0.4 is 0 Å². The average molecular weight is 547 g/mol. The minimum absolute atomic E-state index is 0.255. The van der Waals surface area contributed by atoms with Gasteiger partial charge in [-0.15, -0.1) is 0 Å². The number of hydrogen-bond donors (Lipinski definition) is 4. The molecule has 2 atom stereocenters. The first-order valence-electron chi connectivity index (χ1n) is 14.6. The Kier molecular flexibility index (Phi) is 9.43. The number of aliphatic hydroxyl groups is 4. The molecule has 0 aromatic heterocycles. The maximum atomic E-state index is 13.7. The van der Waals surface area contributed by atoms with Gasteiger partial charge in [0.15, 0.2) is 0 Å². The highest BCUT2D eigenvalue weighted by molar-refractivity contribution is 5.55. The summed E-state index contributed by atoms with van der Waals surface area (Å²) in [5.74, 6) is 0. The highest BCUT2D eigenvalue weighted by Crippen LogP contribution is 2.59. The molecule has 3 aromatic carbocycles. The van der Waals surface area contributed by atoms with Crippen LogP contribution >= 0.6 is 0 Å². The zero-order valence-corrected chi connectivity index (χ0v) is 25.8. The van der Waals surface area contributed by atoms with Crippen molar-refractivity contribution in [1.82, 2.24) is 0 Å². The van der Waals surface area contributed by atoms with E-state index in [-0.39, 0.29) is 6.42 Å². The number of unbranched alkanes of at least 4 members (excludes halogenated alkanes) is 1. The standard InChI is InChI=1S/C36H50O4/c1-9-10-21-35(39,27-17-13-11-14-18-27)34(24-37,25-38)36(40,28-19-15-12-16-20-28)31-29(32(3,4)5)22-26(2)23-30(31)33(6,7)8/h11-20,22-23,37-40H,9-10,21,24-25H2,1-8H3. The van der Waals surface area contributed by atoms with E-state index in [2.05, 4.69) is 60.6 Å². The van der Waals surface area contributed by atoms with E-state index in [1.807, 2.05) is 67.6 Å². The lowest BCUT2D eigenvalue weighted by Crippen LogP contribution is -2.64. The second-order valence-corrected chi connectivity index (χ2v) is 13.5. The van der Waals surface area contributed by atoms with E-state index in [1.165, 1.54) is 0 Å². The van der Waals surface area contributed by atoms with Crippen LogP contribution in [-0.2, 0) is 22.0 Å². The molecule has 0 aliphatic carbocycles. The van der Waals surface area contributed by atoms with Gasteiger partial charge in [-0.05, 0) is 52.0 Å². The molecule has 0 aliphatic rings. The van der Waals surface area contributed by atoms with E-state index in [4.69, 9.17) is 0 Å². The molecular weight excluding hydrogens is 496 g/mol. The molecule has 218 valence electrons. The quantitative estimate of drug-likeness (QED) is 0.224. The van der Waals surface area contributed by atoms with Crippen LogP contribution in [0.3, 0.4) is 0 Å². The molecule has 0 bridgehead atoms. The van der Waals surface area contributed by atoms with Crippen molar-refractivity contribution in [3.05, 3.63) is 106 Å². The summed E-state index contributed by atoms with van der Waals surface area (Å²) in [4.78, 5) is 0. The number of aryl methyl sites for hydroxylation is 1. The fraction of sp³-hybridized carbons (Fsp3) is 0.500. The van der Waals surface area contributed by atoms with Gasteiger partial charge in [-0.3, -0.25) is 0 Å². The highest BCUT2D eigenvalue weighted by atomic mass is 16.3. The minimum atomic E-state index is -1.98. The van der Waals surface area contributed by atoms with E-state index in [0.29, 0.717) is 23.1 Å². The van der Waals surface area contributed by atoms with Gasteiger partial charge < -0.3 is 20.4 Å². The van der Waals surface area contributed by atoms with Crippen LogP contribution in [0.5, 0.6) is 0 Å². The molecule has 0 heterocycles. The first-order chi connectivity index (χ1) is 18.6. The Morgan fingerprint density at radius 1 is 0.650 bits per heavy atom. The minimum Gasteiger partial charge on any atom is -0.395 e. The molecule has 0 amide bonds. The number of hydrogen-bond acceptors (Lipinski definition) is 4. The third-order valence-corrected chi connectivity index (χ3v) is 8.62. The SMILES string of the molecule is CCCCC(O)(c1ccccc1)C(CO)(CO)C(O)(c1ccccc1)c1c(C(C)(C)C)cc(C)cc1C(C)(C)C. The Morgan fingerprint density at radius 2 is 1.07 bits per heavy atom. The summed E-state index contributed by atoms with van der Waals surface area (Å²) >= 11 is 0. The lowest BCUT2D eigenvalue weighted by molar-refractivity contribution is -0.230. The van der Waals surface area contributed by atoms with Gasteiger partial charge in [0.25, 0.3) is 0 Å². The summed E-state index contributed by atoms with van der Waals surface area (Å²) in [6, 6.07) is 22.7. The number of aliphatic hydroxyl groups excluding tert-OH is 2. The van der Waals surface area contributed by atoms with Crippen molar-refractivity contribution in [3.8, 4) is 0 Å². The van der Waals surface area contributed by atoms with Gasteiger partial charge in [0.1, 0.15) is 11.2 Å². The Morgan fingerprint density at radius 3 is 1.45 bits per heavy atom. The van der Waals surface area contributed by atoms with Crippen LogP contribution in [0.25, 0.3) is 0 Å². The van der Waals surface area contributed by atoms with Crippen molar-refractivity contribution in [2.24, 2.45) is 5.41 Å². The van der Waals surface area contributed by atoms with Crippen LogP contribution in [0, 0.1) is 12.3 Å². The van der Waals surface area contributed by atoms with E-state index >= 15 is 0 Å². The Labute approximate surface area is 241 Å². The zero-order valence-electron chi connectivity index (χ0n) is 25.8. The van der Waals surface area contributed by atoms with Gasteiger partial charge in [-0.1, -0.05) is 140 Å². The summed E-state index contributed by atoms with van der Waals surface area (Å²) in [5.41, 5.74) is -1.73. The van der Waals surface area contributed by atoms with Crippen molar-refractivity contribution >= 4 is 0 Å². The van der Waals surface area contributed by atoms with Crippen LogP contribution in [-0.4, -0.2) is 33.6 Å². The van der Waals surface area contributed by atoms with Gasteiger partial charge in [0.2, 0.25) is 0 Å². The molecule has 0 spiro atoms. The molecular formula is C36H50O4. The van der Waals surface area contributed by atoms with E-state index in [9.17, 15) is 20.4 Å². The molecule has 0 saturated heterocycles. The van der Waals surface area contributed by atoms with Crippen LogP contribution in [0.1, 0.15) is 101 Å². The lowest BCUT2D eigenvalue weighted by atomic mass is 9.52. The third kappa shape index (κ3) is 5.39. The molecule has 40 heavy (non-hydrogen) atoms. The summed E-state index contributed by atoms with van der Waals surface area (Å²) in [7, 11) is 0. The van der Waals surface area contributed by atoms with Crippen LogP contribution in [0.2, 0.25) is 0 Å². The molecule has 2 unspecified atom stereocenters. The lowest BCUT2D eigenvalue weighted by Gasteiger charge is -2.56. The van der Waals surface area contributed by atoms with Crippen molar-refractivity contribution in [1.29, 1.82) is 0 Å². The molecule has 4 N–H and O–H groups in total. The first kappa shape index (κ1) is 32.0. The Bertz CT molecular complexity index is 1210. The van der Waals surface area contributed by atoms with Crippen LogP contribution in [0.15, 0.2) is 72.8 Å². The highest BCUT2D eigenvalue weighted by Gasteiger charge is 2.65. The molecule has 4 heteroatoms. The largest absolute Gasteiger partial charge is 0.395 e. The summed E-state index contributed by atoms with van der Waals surface area (Å²) in [6.07, 6.45) is 1.70. The topological polar surface area (TPSA) is 80.9 Å². The van der Waals surface area contributed by atoms with Crippen molar-refractivity contribution in [3.63, 3.8) is 0 Å². The van der Waals surface area contributed by atoms with E-state index in [0.717, 1.165) is 23.1 Å². The average Bonchev–Trinajstić information content (AvgIpc) is 2.92.